The van der Waals surface area contributed by atoms with Gasteiger partial charge in [0.1, 0.15) is 10.7 Å². The molecule has 2 rings (SSSR count). The molecule has 0 bridgehead atoms. The molecule has 1 aromatic carbocycles. The summed E-state index contributed by atoms with van der Waals surface area (Å²) in [4.78, 5) is 37.6. The molecule has 25 heavy (non-hydrogen) atoms. The average molecular weight is 363 g/mol. The van der Waals surface area contributed by atoms with Crippen LogP contribution < -0.4 is 5.32 Å². The van der Waals surface area contributed by atoms with E-state index in [1.165, 1.54) is 23.5 Å². The number of amides is 1. The molecule has 1 unspecified atom stereocenters. The molecule has 0 saturated heterocycles. The lowest BCUT2D eigenvalue weighted by atomic mass is 10.0. The molecule has 0 aliphatic carbocycles. The van der Waals surface area contributed by atoms with Crippen LogP contribution in [0.3, 0.4) is 0 Å². The third kappa shape index (κ3) is 4.83. The summed E-state index contributed by atoms with van der Waals surface area (Å²) >= 11 is 1.24. The Morgan fingerprint density at radius 2 is 2.04 bits per heavy atom. The van der Waals surface area contributed by atoms with E-state index >= 15 is 0 Å². The minimum Gasteiger partial charge on any atom is -0.481 e. The van der Waals surface area contributed by atoms with Crippen LogP contribution in [0.15, 0.2) is 29.6 Å². The number of carbonyl (C=O) groups is 2. The van der Waals surface area contributed by atoms with Crippen LogP contribution in [-0.4, -0.2) is 33.4 Å². The highest BCUT2D eigenvalue weighted by Gasteiger charge is 2.19. The van der Waals surface area contributed by atoms with Crippen LogP contribution in [0.1, 0.15) is 30.3 Å². The molecule has 2 aromatic rings. The van der Waals surface area contributed by atoms with Gasteiger partial charge in [0, 0.05) is 29.6 Å². The number of thiazole rings is 1. The number of hydrogen-bond acceptors (Lipinski definition) is 6. The van der Waals surface area contributed by atoms with E-state index in [0.717, 1.165) is 0 Å². The predicted molar refractivity (Wildman–Crippen MR) is 92.6 cm³/mol. The second kappa shape index (κ2) is 8.34. The van der Waals surface area contributed by atoms with Crippen molar-refractivity contribution in [1.29, 1.82) is 0 Å². The van der Waals surface area contributed by atoms with Gasteiger partial charge < -0.3 is 10.4 Å². The normalized spacial score (nSPS) is 11.7. The molecule has 9 heteroatoms. The monoisotopic (exact) mass is 363 g/mol. The Hall–Kier alpha value is -2.81. The SMILES string of the molecule is CCCC(CNC(=O)c1csc(-c2ccc([N+](=O)[O-])cc2)n1)C(=O)O. The van der Waals surface area contributed by atoms with Crippen molar-refractivity contribution in [1.82, 2.24) is 10.3 Å². The van der Waals surface area contributed by atoms with Crippen molar-refractivity contribution in [3.63, 3.8) is 0 Å². The summed E-state index contributed by atoms with van der Waals surface area (Å²) in [5.74, 6) is -2.00. The van der Waals surface area contributed by atoms with Gasteiger partial charge in [-0.1, -0.05) is 13.3 Å². The number of aliphatic carboxylic acids is 1. The topological polar surface area (TPSA) is 122 Å². The van der Waals surface area contributed by atoms with Crippen LogP contribution in [-0.2, 0) is 4.79 Å². The highest BCUT2D eigenvalue weighted by Crippen LogP contribution is 2.25. The number of rotatable bonds is 8. The fourth-order valence-corrected chi connectivity index (χ4v) is 3.01. The molecule has 0 radical (unpaired) electrons. The van der Waals surface area contributed by atoms with E-state index in [2.05, 4.69) is 10.3 Å². The second-order valence-electron chi connectivity index (χ2n) is 5.38. The predicted octanol–water partition coefficient (Wildman–Crippen LogP) is 2.95. The van der Waals surface area contributed by atoms with Gasteiger partial charge >= 0.3 is 5.97 Å². The zero-order valence-corrected chi connectivity index (χ0v) is 14.3. The molecule has 0 spiro atoms. The van der Waals surface area contributed by atoms with Gasteiger partial charge in [0.15, 0.2) is 0 Å². The van der Waals surface area contributed by atoms with Crippen LogP contribution in [0, 0.1) is 16.0 Å². The van der Waals surface area contributed by atoms with Crippen molar-refractivity contribution in [3.05, 3.63) is 45.5 Å². The number of hydrogen-bond donors (Lipinski definition) is 2. The van der Waals surface area contributed by atoms with E-state index in [4.69, 9.17) is 5.11 Å². The Labute approximate surface area is 147 Å². The van der Waals surface area contributed by atoms with Crippen molar-refractivity contribution in [3.8, 4) is 10.6 Å². The first-order valence-electron chi connectivity index (χ1n) is 7.63. The second-order valence-corrected chi connectivity index (χ2v) is 6.23. The smallest absolute Gasteiger partial charge is 0.308 e. The molecule has 1 atom stereocenters. The Kier molecular flexibility index (Phi) is 6.18. The van der Waals surface area contributed by atoms with Gasteiger partial charge in [-0.2, -0.15) is 0 Å². The minimum absolute atomic E-state index is 0.0195. The third-order valence-electron chi connectivity index (χ3n) is 3.56. The van der Waals surface area contributed by atoms with Gasteiger partial charge in [-0.25, -0.2) is 4.98 Å². The van der Waals surface area contributed by atoms with Crippen molar-refractivity contribution >= 4 is 28.9 Å². The standard InChI is InChI=1S/C16H17N3O5S/c1-2-3-11(16(21)22)8-17-14(20)13-9-25-15(18-13)10-4-6-12(7-5-10)19(23)24/h4-7,9,11H,2-3,8H2,1H3,(H,17,20)(H,21,22). The number of carbonyl (C=O) groups excluding carboxylic acids is 1. The van der Waals surface area contributed by atoms with Gasteiger partial charge in [0.2, 0.25) is 0 Å². The Balaban J connectivity index is 2.03. The number of non-ortho nitro benzene ring substituents is 1. The first-order valence-corrected chi connectivity index (χ1v) is 8.51. The number of aromatic nitrogens is 1. The van der Waals surface area contributed by atoms with Crippen molar-refractivity contribution in [2.45, 2.75) is 19.8 Å². The summed E-state index contributed by atoms with van der Waals surface area (Å²) in [6.45, 7) is 1.93. The van der Waals surface area contributed by atoms with Crippen molar-refractivity contribution < 1.29 is 19.6 Å². The average Bonchev–Trinajstić information content (AvgIpc) is 3.08. The zero-order valence-electron chi connectivity index (χ0n) is 13.5. The zero-order chi connectivity index (χ0) is 18.4. The Morgan fingerprint density at radius 1 is 1.36 bits per heavy atom. The summed E-state index contributed by atoms with van der Waals surface area (Å²) in [5, 5.41) is 24.5. The molecule has 1 aromatic heterocycles. The number of carboxylic acid groups (broad SMARTS) is 1. The number of carboxylic acids is 1. The Morgan fingerprint density at radius 3 is 2.60 bits per heavy atom. The van der Waals surface area contributed by atoms with Gasteiger partial charge in [0.25, 0.3) is 11.6 Å². The quantitative estimate of drug-likeness (QED) is 0.549. The maximum Gasteiger partial charge on any atom is 0.308 e. The summed E-state index contributed by atoms with van der Waals surface area (Å²) in [6, 6.07) is 5.89. The highest BCUT2D eigenvalue weighted by molar-refractivity contribution is 7.13. The number of nitrogens with zero attached hydrogens (tertiary/aromatic N) is 2. The summed E-state index contributed by atoms with van der Waals surface area (Å²) in [5.41, 5.74) is 0.844. The highest BCUT2D eigenvalue weighted by atomic mass is 32.1. The molecule has 8 nitrogen and oxygen atoms in total. The summed E-state index contributed by atoms with van der Waals surface area (Å²) in [7, 11) is 0. The summed E-state index contributed by atoms with van der Waals surface area (Å²) in [6.07, 6.45) is 1.20. The van der Waals surface area contributed by atoms with Crippen LogP contribution in [0.5, 0.6) is 0 Å². The van der Waals surface area contributed by atoms with Crippen LogP contribution in [0.4, 0.5) is 5.69 Å². The number of nitro benzene ring substituents is 1. The Bertz CT molecular complexity index is 772. The van der Waals surface area contributed by atoms with E-state index < -0.39 is 22.7 Å². The van der Waals surface area contributed by atoms with Crippen LogP contribution in [0.25, 0.3) is 10.6 Å². The molecular weight excluding hydrogens is 346 g/mol. The molecule has 0 saturated carbocycles. The van der Waals surface area contributed by atoms with Gasteiger partial charge in [-0.05, 0) is 18.6 Å². The number of nitrogens with one attached hydrogen (secondary N) is 1. The first-order chi connectivity index (χ1) is 11.9. The van der Waals surface area contributed by atoms with Crippen LogP contribution >= 0.6 is 11.3 Å². The minimum atomic E-state index is -0.938. The lowest BCUT2D eigenvalue weighted by molar-refractivity contribution is -0.384. The fraction of sp³-hybridized carbons (Fsp3) is 0.312. The molecule has 0 aliphatic heterocycles. The maximum atomic E-state index is 12.1. The van der Waals surface area contributed by atoms with E-state index in [0.29, 0.717) is 23.4 Å². The molecule has 132 valence electrons. The van der Waals surface area contributed by atoms with Crippen molar-refractivity contribution in [2.24, 2.45) is 5.92 Å². The van der Waals surface area contributed by atoms with Gasteiger partial charge in [-0.3, -0.25) is 19.7 Å². The molecular formula is C16H17N3O5S. The van der Waals surface area contributed by atoms with Crippen LogP contribution in [0.2, 0.25) is 0 Å². The van der Waals surface area contributed by atoms with Crippen molar-refractivity contribution in [2.75, 3.05) is 6.54 Å². The van der Waals surface area contributed by atoms with Gasteiger partial charge in [0.05, 0.1) is 10.8 Å². The van der Waals surface area contributed by atoms with Gasteiger partial charge in [-0.15, -0.1) is 11.3 Å². The fourth-order valence-electron chi connectivity index (χ4n) is 2.20. The maximum absolute atomic E-state index is 12.1. The lowest BCUT2D eigenvalue weighted by Gasteiger charge is -2.11. The van der Waals surface area contributed by atoms with E-state index in [-0.39, 0.29) is 17.9 Å². The molecule has 1 heterocycles. The first kappa shape index (κ1) is 18.5. The molecule has 0 fully saturated rings. The summed E-state index contributed by atoms with van der Waals surface area (Å²) < 4.78 is 0. The largest absolute Gasteiger partial charge is 0.481 e. The number of benzene rings is 1. The molecule has 0 aliphatic rings. The van der Waals surface area contributed by atoms with E-state index in [1.807, 2.05) is 6.92 Å². The molecule has 2 N–H and O–H groups in total. The number of nitro groups is 1. The third-order valence-corrected chi connectivity index (χ3v) is 4.45. The van der Waals surface area contributed by atoms with E-state index in [9.17, 15) is 19.7 Å². The molecule has 1 amide bonds. The van der Waals surface area contributed by atoms with E-state index in [1.54, 1.807) is 17.5 Å². The lowest BCUT2D eigenvalue weighted by Crippen LogP contribution is -2.33.